The molecule has 1 saturated heterocycles. The number of nitrogens with zero attached hydrogens (tertiary/aromatic N) is 1. The van der Waals surface area contributed by atoms with Crippen molar-refractivity contribution in [1.82, 2.24) is 10.2 Å². The molecule has 1 heterocycles. The Morgan fingerprint density at radius 2 is 1.70 bits per heavy atom. The summed E-state index contributed by atoms with van der Waals surface area (Å²) in [5.74, 6) is -0.189. The van der Waals surface area contributed by atoms with Crippen molar-refractivity contribution in [2.24, 2.45) is 0 Å². The molecule has 3 N–H and O–H groups in total. The summed E-state index contributed by atoms with van der Waals surface area (Å²) in [6.07, 6.45) is -1.91. The summed E-state index contributed by atoms with van der Waals surface area (Å²) in [7, 11) is 1.91. The van der Waals surface area contributed by atoms with Gasteiger partial charge in [-0.1, -0.05) is 48.5 Å². The van der Waals surface area contributed by atoms with E-state index in [4.69, 9.17) is 4.74 Å². The number of benzene rings is 2. The van der Waals surface area contributed by atoms with Gasteiger partial charge < -0.3 is 20.3 Å². The van der Waals surface area contributed by atoms with E-state index in [0.29, 0.717) is 12.1 Å². The molecule has 1 fully saturated rings. The summed E-state index contributed by atoms with van der Waals surface area (Å²) in [4.78, 5) is 14.3. The molecule has 0 radical (unpaired) electrons. The van der Waals surface area contributed by atoms with Gasteiger partial charge in [0.25, 0.3) is 5.91 Å². The number of aliphatic hydroxyl groups excluding tert-OH is 2. The number of rotatable bonds is 7. The number of likely N-dealkylation sites (N-methyl/N-ethyl adjacent to an activating group) is 1. The van der Waals surface area contributed by atoms with Crippen molar-refractivity contribution in [3.05, 3.63) is 71.8 Å². The van der Waals surface area contributed by atoms with Crippen LogP contribution >= 0.6 is 0 Å². The molecule has 6 heteroatoms. The lowest BCUT2D eigenvalue weighted by Crippen LogP contribution is -2.49. The number of aliphatic hydroxyl groups is 2. The lowest BCUT2D eigenvalue weighted by atomic mass is 10.0. The average molecular weight is 370 g/mol. The zero-order valence-electron chi connectivity index (χ0n) is 15.4. The van der Waals surface area contributed by atoms with Crippen molar-refractivity contribution in [3.63, 3.8) is 0 Å². The normalized spacial score (nSPS) is 24.9. The minimum Gasteiger partial charge on any atom is -0.394 e. The first-order chi connectivity index (χ1) is 13.1. The largest absolute Gasteiger partial charge is 0.394 e. The van der Waals surface area contributed by atoms with E-state index in [9.17, 15) is 15.0 Å². The monoisotopic (exact) mass is 370 g/mol. The summed E-state index contributed by atoms with van der Waals surface area (Å²) in [5.41, 5.74) is 1.69. The molecule has 2 aromatic rings. The van der Waals surface area contributed by atoms with Crippen molar-refractivity contribution in [2.45, 2.75) is 30.9 Å². The third-order valence-electron chi connectivity index (χ3n) is 4.92. The van der Waals surface area contributed by atoms with Gasteiger partial charge in [-0.25, -0.2) is 0 Å². The van der Waals surface area contributed by atoms with E-state index < -0.39 is 18.3 Å². The number of carbonyl (C=O) groups excluding carboxylic acids is 1. The fourth-order valence-electron chi connectivity index (χ4n) is 3.55. The van der Waals surface area contributed by atoms with Gasteiger partial charge in [0.15, 0.2) is 0 Å². The van der Waals surface area contributed by atoms with E-state index in [-0.39, 0.29) is 25.1 Å². The lowest BCUT2D eigenvalue weighted by Gasteiger charge is -2.30. The Labute approximate surface area is 159 Å². The number of hydrogen-bond acceptors (Lipinski definition) is 5. The molecule has 6 nitrogen and oxygen atoms in total. The summed E-state index contributed by atoms with van der Waals surface area (Å²) in [6, 6.07) is 18.6. The van der Waals surface area contributed by atoms with Crippen LogP contribution < -0.4 is 5.32 Å². The Hall–Kier alpha value is -2.25. The smallest absolute Gasteiger partial charge is 0.251 e. The maximum Gasteiger partial charge on any atom is 0.251 e. The number of amides is 1. The van der Waals surface area contributed by atoms with Crippen molar-refractivity contribution in [1.29, 1.82) is 0 Å². The fourth-order valence-corrected chi connectivity index (χ4v) is 3.55. The molecule has 3 rings (SSSR count). The number of hydrogen-bond donors (Lipinski definition) is 3. The quantitative estimate of drug-likeness (QED) is 0.678. The molecule has 0 saturated carbocycles. The highest BCUT2D eigenvalue weighted by Gasteiger charge is 2.45. The van der Waals surface area contributed by atoms with Crippen LogP contribution in [0.15, 0.2) is 60.7 Å². The third kappa shape index (κ3) is 4.73. The molecule has 27 heavy (non-hydrogen) atoms. The van der Waals surface area contributed by atoms with Crippen LogP contribution in [0.1, 0.15) is 15.9 Å². The first-order valence-electron chi connectivity index (χ1n) is 9.12. The van der Waals surface area contributed by atoms with Crippen LogP contribution in [0.2, 0.25) is 0 Å². The molecule has 4 atom stereocenters. The van der Waals surface area contributed by atoms with Crippen LogP contribution in [0.3, 0.4) is 0 Å². The molecule has 0 spiro atoms. The van der Waals surface area contributed by atoms with Crippen LogP contribution in [0, 0.1) is 0 Å². The molecular weight excluding hydrogens is 344 g/mol. The van der Waals surface area contributed by atoms with Gasteiger partial charge in [-0.3, -0.25) is 9.69 Å². The average Bonchev–Trinajstić information content (AvgIpc) is 3.03. The Morgan fingerprint density at radius 3 is 2.33 bits per heavy atom. The molecule has 1 amide bonds. The van der Waals surface area contributed by atoms with Gasteiger partial charge in [-0.2, -0.15) is 0 Å². The van der Waals surface area contributed by atoms with Crippen LogP contribution in [0.25, 0.3) is 0 Å². The summed E-state index contributed by atoms with van der Waals surface area (Å²) in [5, 5.41) is 23.0. The second-order valence-electron chi connectivity index (χ2n) is 6.85. The molecule has 4 unspecified atom stereocenters. The van der Waals surface area contributed by atoms with Gasteiger partial charge in [0.2, 0.25) is 0 Å². The highest BCUT2D eigenvalue weighted by Crippen LogP contribution is 2.26. The van der Waals surface area contributed by atoms with Gasteiger partial charge >= 0.3 is 0 Å². The van der Waals surface area contributed by atoms with E-state index in [1.165, 1.54) is 0 Å². The van der Waals surface area contributed by atoms with Crippen molar-refractivity contribution >= 4 is 5.91 Å². The van der Waals surface area contributed by atoms with Crippen molar-refractivity contribution in [2.75, 3.05) is 20.2 Å². The van der Waals surface area contributed by atoms with E-state index in [1.54, 1.807) is 12.1 Å². The Kier molecular flexibility index (Phi) is 6.58. The molecule has 0 aliphatic carbocycles. The van der Waals surface area contributed by atoms with E-state index >= 15 is 0 Å². The maximum absolute atomic E-state index is 12.3. The number of ether oxygens (including phenoxy) is 1. The highest BCUT2D eigenvalue weighted by atomic mass is 16.5. The van der Waals surface area contributed by atoms with E-state index in [0.717, 1.165) is 5.56 Å². The number of nitrogens with one attached hydrogen (secondary N) is 1. The van der Waals surface area contributed by atoms with Gasteiger partial charge in [0, 0.05) is 18.7 Å². The van der Waals surface area contributed by atoms with E-state index in [2.05, 4.69) is 5.32 Å². The lowest BCUT2D eigenvalue weighted by molar-refractivity contribution is -0.0209. The number of carbonyl (C=O) groups is 1. The molecule has 0 bridgehead atoms. The predicted octanol–water partition coefficient (Wildman–Crippen LogP) is 1.04. The van der Waals surface area contributed by atoms with Crippen LogP contribution in [-0.4, -0.2) is 65.6 Å². The summed E-state index contributed by atoms with van der Waals surface area (Å²) >= 11 is 0. The fraction of sp³-hybridized carbons (Fsp3) is 0.381. The van der Waals surface area contributed by atoms with Crippen LogP contribution in [0.4, 0.5) is 0 Å². The topological polar surface area (TPSA) is 82.0 Å². The van der Waals surface area contributed by atoms with Crippen LogP contribution in [0.5, 0.6) is 0 Å². The molecular formula is C21H26N2O4. The second-order valence-corrected chi connectivity index (χ2v) is 6.85. The first-order valence-corrected chi connectivity index (χ1v) is 9.12. The molecule has 144 valence electrons. The second kappa shape index (κ2) is 9.10. The van der Waals surface area contributed by atoms with Gasteiger partial charge in [0.05, 0.1) is 18.8 Å². The molecule has 0 aromatic heterocycles. The molecule has 1 aliphatic rings. The minimum absolute atomic E-state index is 0.189. The molecule has 1 aliphatic heterocycles. The molecule has 2 aromatic carbocycles. The maximum atomic E-state index is 12.3. The standard InChI is InChI=1S/C21H26N2O4/c1-23(13-15-8-4-2-5-9-15)19-17(27-18(14-24)20(19)25)12-22-21(26)16-10-6-3-7-11-16/h2-11,17-20,24-25H,12-14H2,1H3,(H,22,26). The summed E-state index contributed by atoms with van der Waals surface area (Å²) < 4.78 is 5.82. The van der Waals surface area contributed by atoms with Crippen molar-refractivity contribution in [3.8, 4) is 0 Å². The SMILES string of the molecule is CN(Cc1ccccc1)C1C(CNC(=O)c2ccccc2)OC(CO)C1O. The predicted molar refractivity (Wildman–Crippen MR) is 102 cm³/mol. The van der Waals surface area contributed by atoms with Gasteiger partial charge in [0.1, 0.15) is 12.2 Å². The Balaban J connectivity index is 1.66. The van der Waals surface area contributed by atoms with Gasteiger partial charge in [-0.05, 0) is 24.7 Å². The van der Waals surface area contributed by atoms with Gasteiger partial charge in [-0.15, -0.1) is 0 Å². The zero-order valence-corrected chi connectivity index (χ0v) is 15.4. The van der Waals surface area contributed by atoms with E-state index in [1.807, 2.05) is 60.5 Å². The first kappa shape index (κ1) is 19.5. The highest BCUT2D eigenvalue weighted by molar-refractivity contribution is 5.94. The Bertz CT molecular complexity index is 725. The Morgan fingerprint density at radius 1 is 1.07 bits per heavy atom. The third-order valence-corrected chi connectivity index (χ3v) is 4.92. The summed E-state index contributed by atoms with van der Waals surface area (Å²) in [6.45, 7) is 0.623. The minimum atomic E-state index is -0.831. The zero-order chi connectivity index (χ0) is 19.2. The van der Waals surface area contributed by atoms with Crippen molar-refractivity contribution < 1.29 is 19.7 Å². The van der Waals surface area contributed by atoms with Crippen LogP contribution in [-0.2, 0) is 11.3 Å².